The Morgan fingerprint density at radius 3 is 2.52 bits per heavy atom. The lowest BCUT2D eigenvalue weighted by Gasteiger charge is -2.33. The molecule has 27 heavy (non-hydrogen) atoms. The van der Waals surface area contributed by atoms with E-state index in [1.807, 2.05) is 12.1 Å². The smallest absolute Gasteiger partial charge is 0.288 e. The third-order valence-electron chi connectivity index (χ3n) is 4.81. The maximum Gasteiger partial charge on any atom is 0.288 e. The molecule has 0 bridgehead atoms. The van der Waals surface area contributed by atoms with Crippen LogP contribution in [0.3, 0.4) is 0 Å². The summed E-state index contributed by atoms with van der Waals surface area (Å²) in [6, 6.07) is 7.74. The summed E-state index contributed by atoms with van der Waals surface area (Å²) < 4.78 is 7.34. The van der Waals surface area contributed by atoms with E-state index in [9.17, 15) is 4.79 Å². The number of piperazine rings is 1. The molecule has 2 aromatic rings. The topological polar surface area (TPSA) is 66.5 Å². The van der Waals surface area contributed by atoms with Gasteiger partial charge in [0.05, 0.1) is 13.2 Å². The lowest BCUT2D eigenvalue weighted by Crippen LogP contribution is -2.49. The van der Waals surface area contributed by atoms with E-state index in [0.29, 0.717) is 35.0 Å². The Morgan fingerprint density at radius 2 is 1.85 bits per heavy atom. The summed E-state index contributed by atoms with van der Waals surface area (Å²) in [5.41, 5.74) is 0.843. The van der Waals surface area contributed by atoms with Crippen molar-refractivity contribution in [3.05, 3.63) is 34.1 Å². The van der Waals surface area contributed by atoms with Gasteiger partial charge in [-0.05, 0) is 49.3 Å². The lowest BCUT2D eigenvalue weighted by molar-refractivity contribution is -0.122. The molecule has 1 aliphatic carbocycles. The molecule has 0 radical (unpaired) electrons. The normalized spacial score (nSPS) is 18.6. The lowest BCUT2D eigenvalue weighted by atomic mass is 10.2. The first-order valence-corrected chi connectivity index (χ1v) is 9.93. The Balaban J connectivity index is 1.30. The monoisotopic (exact) mass is 407 g/mol. The van der Waals surface area contributed by atoms with Gasteiger partial charge in [0.15, 0.2) is 0 Å². The van der Waals surface area contributed by atoms with Crippen LogP contribution in [0, 0.1) is 4.84 Å². The largest absolute Gasteiger partial charge is 0.409 e. The highest BCUT2D eigenvalue weighted by Gasteiger charge is 2.25. The first-order valence-electron chi connectivity index (χ1n) is 9.15. The molecule has 1 amide bonds. The van der Waals surface area contributed by atoms with Crippen LogP contribution in [0.5, 0.6) is 0 Å². The van der Waals surface area contributed by atoms with Gasteiger partial charge in [0.2, 0.25) is 11.8 Å². The third kappa shape index (κ3) is 4.95. The molecule has 0 atom stereocenters. The summed E-state index contributed by atoms with van der Waals surface area (Å²) in [4.78, 5) is 16.7. The van der Waals surface area contributed by atoms with Gasteiger partial charge < -0.3 is 9.73 Å². The highest BCUT2D eigenvalue weighted by Crippen LogP contribution is 2.21. The number of rotatable bonds is 6. The zero-order chi connectivity index (χ0) is 18.8. The van der Waals surface area contributed by atoms with Crippen molar-refractivity contribution in [2.24, 2.45) is 0 Å². The maximum absolute atomic E-state index is 11.9. The van der Waals surface area contributed by atoms with Gasteiger partial charge in [0, 0.05) is 42.8 Å². The van der Waals surface area contributed by atoms with Crippen LogP contribution in [-0.4, -0.2) is 64.3 Å². The molecule has 1 saturated heterocycles. The Labute approximate surface area is 167 Å². The second-order valence-corrected chi connectivity index (χ2v) is 7.84. The summed E-state index contributed by atoms with van der Waals surface area (Å²) in [5, 5.41) is 8.20. The van der Waals surface area contributed by atoms with Crippen molar-refractivity contribution in [2.75, 3.05) is 32.7 Å². The molecule has 4 rings (SSSR count). The molecule has 1 aliphatic heterocycles. The van der Waals surface area contributed by atoms with Gasteiger partial charge in [-0.3, -0.25) is 14.6 Å². The number of carbonyl (C=O) groups is 1. The van der Waals surface area contributed by atoms with E-state index in [-0.39, 0.29) is 5.91 Å². The molecule has 1 saturated carbocycles. The molecule has 9 heteroatoms. The molecule has 144 valence electrons. The van der Waals surface area contributed by atoms with Crippen LogP contribution in [0.1, 0.15) is 12.8 Å². The summed E-state index contributed by atoms with van der Waals surface area (Å²) in [7, 11) is 0. The number of carbonyl (C=O) groups excluding carboxylic acids is 1. The third-order valence-corrected chi connectivity index (χ3v) is 5.35. The molecule has 0 spiro atoms. The molecule has 2 heterocycles. The number of nitrogens with one attached hydrogen (secondary N) is 1. The van der Waals surface area contributed by atoms with Crippen LogP contribution in [0.25, 0.3) is 11.5 Å². The van der Waals surface area contributed by atoms with Gasteiger partial charge in [-0.25, -0.2) is 4.68 Å². The average Bonchev–Trinajstić information content (AvgIpc) is 3.39. The van der Waals surface area contributed by atoms with Crippen LogP contribution < -0.4 is 5.32 Å². The van der Waals surface area contributed by atoms with Crippen molar-refractivity contribution >= 4 is 29.7 Å². The van der Waals surface area contributed by atoms with Crippen LogP contribution in [0.2, 0.25) is 5.02 Å². The van der Waals surface area contributed by atoms with E-state index in [4.69, 9.17) is 28.2 Å². The molecule has 1 N–H and O–H groups in total. The van der Waals surface area contributed by atoms with Crippen LogP contribution in [0.4, 0.5) is 0 Å². The second kappa shape index (κ2) is 8.10. The fraction of sp³-hybridized carbons (Fsp3) is 0.500. The van der Waals surface area contributed by atoms with E-state index < -0.39 is 0 Å². The number of aromatic nitrogens is 2. The summed E-state index contributed by atoms with van der Waals surface area (Å²) in [6.45, 7) is 4.50. The minimum Gasteiger partial charge on any atom is -0.409 e. The minimum absolute atomic E-state index is 0.136. The predicted molar refractivity (Wildman–Crippen MR) is 105 cm³/mol. The van der Waals surface area contributed by atoms with Gasteiger partial charge in [-0.15, -0.1) is 5.10 Å². The number of hydrogen-bond donors (Lipinski definition) is 1. The Bertz CT molecular complexity index is 853. The fourth-order valence-corrected chi connectivity index (χ4v) is 3.39. The zero-order valence-corrected chi connectivity index (χ0v) is 16.5. The Morgan fingerprint density at radius 1 is 1.19 bits per heavy atom. The number of amides is 1. The molecule has 2 aliphatic rings. The number of benzene rings is 1. The van der Waals surface area contributed by atoms with Gasteiger partial charge >= 0.3 is 0 Å². The summed E-state index contributed by atoms with van der Waals surface area (Å²) >= 11 is 11.2. The first-order chi connectivity index (χ1) is 13.1. The highest BCUT2D eigenvalue weighted by molar-refractivity contribution is 7.71. The molecular weight excluding hydrogens is 386 g/mol. The minimum atomic E-state index is 0.136. The van der Waals surface area contributed by atoms with Gasteiger partial charge in [0.25, 0.3) is 4.84 Å². The quantitative estimate of drug-likeness (QED) is 0.741. The van der Waals surface area contributed by atoms with Crippen molar-refractivity contribution in [3.63, 3.8) is 0 Å². The molecule has 0 unspecified atom stereocenters. The molecule has 7 nitrogen and oxygen atoms in total. The first kappa shape index (κ1) is 18.6. The number of hydrogen-bond acceptors (Lipinski definition) is 6. The van der Waals surface area contributed by atoms with E-state index >= 15 is 0 Å². The molecular formula is C18H22ClN5O2S. The van der Waals surface area contributed by atoms with Crippen molar-refractivity contribution in [1.29, 1.82) is 0 Å². The second-order valence-electron chi connectivity index (χ2n) is 7.06. The summed E-state index contributed by atoms with van der Waals surface area (Å²) in [6.07, 6.45) is 2.24. The van der Waals surface area contributed by atoms with Gasteiger partial charge in [-0.1, -0.05) is 11.6 Å². The fourth-order valence-electron chi connectivity index (χ4n) is 3.09. The number of nitrogens with zero attached hydrogens (tertiary/aromatic N) is 4. The van der Waals surface area contributed by atoms with Gasteiger partial charge in [-0.2, -0.15) is 0 Å². The highest BCUT2D eigenvalue weighted by atomic mass is 35.5. The average molecular weight is 408 g/mol. The molecule has 1 aromatic heterocycles. The van der Waals surface area contributed by atoms with Crippen molar-refractivity contribution in [1.82, 2.24) is 24.9 Å². The van der Waals surface area contributed by atoms with Crippen molar-refractivity contribution in [3.8, 4) is 11.5 Å². The van der Waals surface area contributed by atoms with Crippen molar-refractivity contribution in [2.45, 2.75) is 25.6 Å². The molecule has 1 aromatic carbocycles. The van der Waals surface area contributed by atoms with E-state index in [2.05, 4.69) is 20.2 Å². The molecule has 2 fully saturated rings. The SMILES string of the molecule is O=C(CN1CCN(Cn2nc(-c3ccc(Cl)cc3)oc2=S)CC1)NC1CC1. The van der Waals surface area contributed by atoms with Crippen LogP contribution >= 0.6 is 23.8 Å². The van der Waals surface area contributed by atoms with E-state index in [1.54, 1.807) is 16.8 Å². The Kier molecular flexibility index (Phi) is 5.58. The van der Waals surface area contributed by atoms with Crippen molar-refractivity contribution < 1.29 is 9.21 Å². The Hall–Kier alpha value is -1.74. The number of halogens is 1. The van der Waals surface area contributed by atoms with Crippen LogP contribution in [0.15, 0.2) is 28.7 Å². The van der Waals surface area contributed by atoms with E-state index in [0.717, 1.165) is 44.6 Å². The van der Waals surface area contributed by atoms with E-state index in [1.165, 1.54) is 0 Å². The summed E-state index contributed by atoms with van der Waals surface area (Å²) in [5.74, 6) is 0.629. The standard InChI is InChI=1S/C18H22ClN5O2S/c19-14-3-1-13(2-4-14)17-21-24(18(27)26-17)12-23-9-7-22(8-10-23)11-16(25)20-15-5-6-15/h1-4,15H,5-12H2,(H,20,25). The maximum atomic E-state index is 11.9. The predicted octanol–water partition coefficient (Wildman–Crippen LogP) is 2.38. The van der Waals surface area contributed by atoms with Crippen LogP contribution in [-0.2, 0) is 11.5 Å². The van der Waals surface area contributed by atoms with Gasteiger partial charge in [0.1, 0.15) is 0 Å². The zero-order valence-electron chi connectivity index (χ0n) is 14.9.